The lowest BCUT2D eigenvalue weighted by atomic mass is 9.92. The van der Waals surface area contributed by atoms with Crippen molar-refractivity contribution < 1.29 is 14.3 Å². The average molecular weight is 477 g/mol. The minimum Gasteiger partial charge on any atom is -0.492 e. The lowest BCUT2D eigenvalue weighted by Gasteiger charge is -2.29. The molecule has 4 rings (SSSR count). The number of benzene rings is 1. The molecule has 0 saturated carbocycles. The van der Waals surface area contributed by atoms with E-state index >= 15 is 0 Å². The Bertz CT molecular complexity index is 1330. The molecule has 1 atom stereocenters. The van der Waals surface area contributed by atoms with E-state index in [0.29, 0.717) is 17.5 Å². The average Bonchev–Trinajstić information content (AvgIpc) is 3.18. The van der Waals surface area contributed by atoms with Gasteiger partial charge >= 0.3 is 6.09 Å². The predicted octanol–water partition coefficient (Wildman–Crippen LogP) is 4.96. The fraction of sp³-hybridized carbons (Fsp3) is 0.370. The van der Waals surface area contributed by atoms with Crippen molar-refractivity contribution in [3.05, 3.63) is 82.8 Å². The fourth-order valence-corrected chi connectivity index (χ4v) is 3.98. The molecule has 3 aromatic rings. The smallest absolute Gasteiger partial charge is 0.408 e. The van der Waals surface area contributed by atoms with Crippen LogP contribution < -0.4 is 10.9 Å². The molecule has 0 spiro atoms. The van der Waals surface area contributed by atoms with Crippen molar-refractivity contribution >= 4 is 17.1 Å². The van der Waals surface area contributed by atoms with Crippen LogP contribution in [-0.2, 0) is 9.47 Å². The monoisotopic (exact) mass is 476 g/mol. The molecule has 2 aromatic heterocycles. The number of aromatic nitrogens is 3. The van der Waals surface area contributed by atoms with E-state index in [1.807, 2.05) is 93.9 Å². The number of hydrogen-bond acceptors (Lipinski definition) is 5. The molecule has 1 amide bonds. The molecule has 0 fully saturated rings. The quantitative estimate of drug-likeness (QED) is 0.524. The summed E-state index contributed by atoms with van der Waals surface area (Å²) in [7, 11) is 0. The van der Waals surface area contributed by atoms with E-state index < -0.39 is 17.2 Å². The first-order chi connectivity index (χ1) is 16.5. The number of rotatable bonds is 6. The van der Waals surface area contributed by atoms with Gasteiger partial charge in [0.05, 0.1) is 17.3 Å². The number of carbonyl (C=O) groups is 1. The van der Waals surface area contributed by atoms with E-state index in [9.17, 15) is 9.59 Å². The van der Waals surface area contributed by atoms with Crippen LogP contribution in [-0.4, -0.2) is 38.4 Å². The van der Waals surface area contributed by atoms with Crippen molar-refractivity contribution in [1.82, 2.24) is 19.9 Å². The van der Waals surface area contributed by atoms with Crippen molar-refractivity contribution in [2.75, 3.05) is 6.61 Å². The lowest BCUT2D eigenvalue weighted by Crippen LogP contribution is -2.48. The Morgan fingerprint density at radius 3 is 2.60 bits per heavy atom. The number of fused-ring (bicyclic) bond motifs is 1. The van der Waals surface area contributed by atoms with E-state index in [0.717, 1.165) is 17.0 Å². The summed E-state index contributed by atoms with van der Waals surface area (Å²) in [5.41, 5.74) is 1.15. The molecule has 8 heteroatoms. The summed E-state index contributed by atoms with van der Waals surface area (Å²) in [6.07, 6.45) is 9.58. The van der Waals surface area contributed by atoms with Gasteiger partial charge in [0, 0.05) is 17.8 Å². The summed E-state index contributed by atoms with van der Waals surface area (Å²) in [5, 5.41) is 3.44. The maximum absolute atomic E-state index is 12.7. The number of carbonyl (C=O) groups excluding carboxylic acids is 1. The second kappa shape index (κ2) is 9.44. The first kappa shape index (κ1) is 24.3. The second-order valence-electron chi connectivity index (χ2n) is 10.3. The maximum atomic E-state index is 12.7. The SMILES string of the molecule is CC(C)(COC1=CCC(c2cn(-c3ccccc3)c3nc[nH]c(=O)c23)C=C1)NC(=O)OC(C)(C)C. The highest BCUT2D eigenvalue weighted by Crippen LogP contribution is 2.33. The molecule has 1 aliphatic rings. The minimum atomic E-state index is -0.615. The number of nitrogens with zero attached hydrogens (tertiary/aromatic N) is 2. The Kier molecular flexibility index (Phi) is 6.56. The Balaban J connectivity index is 1.47. The van der Waals surface area contributed by atoms with Gasteiger partial charge in [0.25, 0.3) is 5.56 Å². The number of hydrogen-bond donors (Lipinski definition) is 2. The van der Waals surface area contributed by atoms with Gasteiger partial charge in [-0.3, -0.25) is 4.79 Å². The summed E-state index contributed by atoms with van der Waals surface area (Å²) in [6, 6.07) is 9.85. The summed E-state index contributed by atoms with van der Waals surface area (Å²) in [5.74, 6) is 0.729. The zero-order valence-corrected chi connectivity index (χ0v) is 20.8. The van der Waals surface area contributed by atoms with Crippen LogP contribution in [0.25, 0.3) is 16.7 Å². The van der Waals surface area contributed by atoms with Gasteiger partial charge < -0.3 is 24.3 Å². The van der Waals surface area contributed by atoms with E-state index in [1.54, 1.807) is 0 Å². The first-order valence-corrected chi connectivity index (χ1v) is 11.7. The second-order valence-corrected chi connectivity index (χ2v) is 10.3. The molecule has 2 heterocycles. The van der Waals surface area contributed by atoms with Gasteiger partial charge in [-0.15, -0.1) is 0 Å². The Morgan fingerprint density at radius 2 is 1.94 bits per heavy atom. The molecule has 8 nitrogen and oxygen atoms in total. The van der Waals surface area contributed by atoms with E-state index in [1.165, 1.54) is 6.33 Å². The van der Waals surface area contributed by atoms with Crippen LogP contribution in [0.5, 0.6) is 0 Å². The highest BCUT2D eigenvalue weighted by atomic mass is 16.6. The summed E-state index contributed by atoms with van der Waals surface area (Å²) in [4.78, 5) is 32.0. The largest absolute Gasteiger partial charge is 0.492 e. The van der Waals surface area contributed by atoms with Crippen LogP contribution >= 0.6 is 0 Å². The number of para-hydroxylation sites is 1. The van der Waals surface area contributed by atoms with E-state index in [4.69, 9.17) is 9.47 Å². The topological polar surface area (TPSA) is 98.2 Å². The van der Waals surface area contributed by atoms with E-state index in [2.05, 4.69) is 15.3 Å². The molecule has 184 valence electrons. The number of allylic oxidation sites excluding steroid dienone is 3. The van der Waals surface area contributed by atoms with Crippen molar-refractivity contribution in [1.29, 1.82) is 0 Å². The number of H-pyrrole nitrogens is 1. The predicted molar refractivity (Wildman–Crippen MR) is 136 cm³/mol. The number of aromatic amines is 1. The van der Waals surface area contributed by atoms with Crippen LogP contribution in [0.1, 0.15) is 52.5 Å². The molecule has 2 N–H and O–H groups in total. The summed E-state index contributed by atoms with van der Waals surface area (Å²) in [6.45, 7) is 9.51. The third-order valence-electron chi connectivity index (χ3n) is 5.56. The molecular formula is C27H32N4O4. The van der Waals surface area contributed by atoms with Crippen LogP contribution in [0.15, 0.2) is 71.6 Å². The zero-order valence-electron chi connectivity index (χ0n) is 20.8. The Hall–Kier alpha value is -3.81. The van der Waals surface area contributed by atoms with E-state index in [-0.39, 0.29) is 18.1 Å². The van der Waals surface area contributed by atoms with Crippen molar-refractivity contribution in [3.63, 3.8) is 0 Å². The molecule has 1 unspecified atom stereocenters. The third kappa shape index (κ3) is 5.82. The Labute approximate surface area is 204 Å². The molecule has 0 radical (unpaired) electrons. The molecule has 1 aliphatic carbocycles. The summed E-state index contributed by atoms with van der Waals surface area (Å²) < 4.78 is 13.3. The van der Waals surface area contributed by atoms with Crippen LogP contribution in [0, 0.1) is 0 Å². The van der Waals surface area contributed by atoms with Crippen molar-refractivity contribution in [3.8, 4) is 5.69 Å². The van der Waals surface area contributed by atoms with Crippen LogP contribution in [0.2, 0.25) is 0 Å². The maximum Gasteiger partial charge on any atom is 0.408 e. The lowest BCUT2D eigenvalue weighted by molar-refractivity contribution is 0.0415. The van der Waals surface area contributed by atoms with Crippen molar-refractivity contribution in [2.45, 2.75) is 58.1 Å². The van der Waals surface area contributed by atoms with Crippen LogP contribution in [0.3, 0.4) is 0 Å². The molecule has 1 aromatic carbocycles. The zero-order chi connectivity index (χ0) is 25.2. The Morgan fingerprint density at radius 1 is 1.20 bits per heavy atom. The highest BCUT2D eigenvalue weighted by Gasteiger charge is 2.26. The van der Waals surface area contributed by atoms with Crippen molar-refractivity contribution in [2.24, 2.45) is 0 Å². The third-order valence-corrected chi connectivity index (χ3v) is 5.56. The molecule has 0 bridgehead atoms. The normalized spacial score (nSPS) is 16.1. The number of alkyl carbamates (subject to hydrolysis) is 1. The van der Waals surface area contributed by atoms with Gasteiger partial charge in [-0.1, -0.05) is 24.3 Å². The molecular weight excluding hydrogens is 444 g/mol. The molecule has 0 aliphatic heterocycles. The number of nitrogens with one attached hydrogen (secondary N) is 2. The number of ether oxygens (including phenoxy) is 2. The molecule has 0 saturated heterocycles. The first-order valence-electron chi connectivity index (χ1n) is 11.7. The minimum absolute atomic E-state index is 0.00742. The standard InChI is InChI=1S/C27H32N4O4/c1-26(2,3)35-25(33)30-27(4,5)16-34-20-13-11-18(12-14-20)21-15-31(19-9-7-6-8-10-19)23-22(21)24(32)29-17-28-23/h6-11,13-15,17-18H,12,16H2,1-5H3,(H,30,33)(H,28,29,32). The van der Waals surface area contributed by atoms with Crippen LogP contribution in [0.4, 0.5) is 4.79 Å². The summed E-state index contributed by atoms with van der Waals surface area (Å²) >= 11 is 0. The fourth-order valence-electron chi connectivity index (χ4n) is 3.98. The van der Waals surface area contributed by atoms with Gasteiger partial charge in [-0.05, 0) is 70.9 Å². The van der Waals surface area contributed by atoms with Gasteiger partial charge in [0.15, 0.2) is 5.65 Å². The highest BCUT2D eigenvalue weighted by molar-refractivity contribution is 5.82. The van der Waals surface area contributed by atoms with Gasteiger partial charge in [-0.25, -0.2) is 9.78 Å². The van der Waals surface area contributed by atoms with Gasteiger partial charge in [-0.2, -0.15) is 0 Å². The van der Waals surface area contributed by atoms with Gasteiger partial charge in [0.2, 0.25) is 0 Å². The van der Waals surface area contributed by atoms with Gasteiger partial charge in [0.1, 0.15) is 18.0 Å². The number of amides is 1. The molecule has 35 heavy (non-hydrogen) atoms.